The number of para-hydroxylation sites is 1. The van der Waals surface area contributed by atoms with Crippen LogP contribution in [-0.4, -0.2) is 53.9 Å². The van der Waals surface area contributed by atoms with Gasteiger partial charge in [0, 0.05) is 25.2 Å². The summed E-state index contributed by atoms with van der Waals surface area (Å²) in [5, 5.41) is 0.763. The van der Waals surface area contributed by atoms with Gasteiger partial charge in [-0.15, -0.1) is 0 Å². The highest BCUT2D eigenvalue weighted by atomic mass is 35.5. The van der Waals surface area contributed by atoms with E-state index in [0.717, 1.165) is 31.2 Å². The SMILES string of the molecule is CCN1CCCCCCN(C(=O)c2ccc(Cl)c(Cl)c2)[C@H](Cc2ccccc2)COc2ccccc2C1=O. The molecule has 0 bridgehead atoms. The summed E-state index contributed by atoms with van der Waals surface area (Å²) < 4.78 is 6.35. The molecular formula is C31H34Cl2N2O3. The highest BCUT2D eigenvalue weighted by molar-refractivity contribution is 6.42. The molecule has 0 saturated heterocycles. The maximum Gasteiger partial charge on any atom is 0.257 e. The molecule has 1 atom stereocenters. The first-order valence-electron chi connectivity index (χ1n) is 13.3. The second-order valence-corrected chi connectivity index (χ2v) is 10.4. The number of carbonyl (C=O) groups excluding carboxylic acids is 2. The number of benzene rings is 3. The molecule has 0 fully saturated rings. The lowest BCUT2D eigenvalue weighted by atomic mass is 10.0. The number of hydrogen-bond donors (Lipinski definition) is 0. The number of rotatable bonds is 4. The molecule has 2 amide bonds. The molecule has 38 heavy (non-hydrogen) atoms. The van der Waals surface area contributed by atoms with Gasteiger partial charge in [0.25, 0.3) is 11.8 Å². The Hall–Kier alpha value is -3.02. The Morgan fingerprint density at radius 1 is 0.895 bits per heavy atom. The number of carbonyl (C=O) groups is 2. The smallest absolute Gasteiger partial charge is 0.257 e. The Balaban J connectivity index is 1.70. The van der Waals surface area contributed by atoms with Gasteiger partial charge in [-0.25, -0.2) is 0 Å². The Kier molecular flexibility index (Phi) is 10.1. The molecular weight excluding hydrogens is 519 g/mol. The summed E-state index contributed by atoms with van der Waals surface area (Å²) in [7, 11) is 0. The fraction of sp³-hybridized carbons (Fsp3) is 0.355. The van der Waals surface area contributed by atoms with Crippen LogP contribution in [0, 0.1) is 0 Å². The average molecular weight is 554 g/mol. The van der Waals surface area contributed by atoms with Crippen LogP contribution in [-0.2, 0) is 6.42 Å². The van der Waals surface area contributed by atoms with Gasteiger partial charge in [0.1, 0.15) is 12.4 Å². The molecule has 1 aliphatic heterocycles. The highest BCUT2D eigenvalue weighted by Crippen LogP contribution is 2.26. The van der Waals surface area contributed by atoms with Crippen molar-refractivity contribution in [3.05, 3.63) is 99.5 Å². The van der Waals surface area contributed by atoms with Crippen molar-refractivity contribution in [2.24, 2.45) is 0 Å². The lowest BCUT2D eigenvalue weighted by molar-refractivity contribution is 0.0597. The van der Waals surface area contributed by atoms with Crippen molar-refractivity contribution >= 4 is 35.0 Å². The molecule has 4 rings (SSSR count). The number of ether oxygens (including phenoxy) is 1. The van der Waals surface area contributed by atoms with E-state index in [2.05, 4.69) is 12.1 Å². The summed E-state index contributed by atoms with van der Waals surface area (Å²) in [5.74, 6) is 0.401. The zero-order valence-corrected chi connectivity index (χ0v) is 23.3. The van der Waals surface area contributed by atoms with Gasteiger partial charge in [0.15, 0.2) is 0 Å². The number of fused-ring (bicyclic) bond motifs is 1. The Morgan fingerprint density at radius 3 is 2.34 bits per heavy atom. The third-order valence-electron chi connectivity index (χ3n) is 6.98. The van der Waals surface area contributed by atoms with E-state index in [9.17, 15) is 9.59 Å². The zero-order valence-electron chi connectivity index (χ0n) is 21.7. The van der Waals surface area contributed by atoms with Gasteiger partial charge in [-0.2, -0.15) is 0 Å². The molecule has 1 heterocycles. The number of halogens is 2. The first kappa shape index (κ1) is 28.0. The van der Waals surface area contributed by atoms with E-state index < -0.39 is 0 Å². The molecule has 3 aromatic carbocycles. The molecule has 3 aromatic rings. The van der Waals surface area contributed by atoms with Crippen molar-refractivity contribution in [2.45, 2.75) is 45.1 Å². The summed E-state index contributed by atoms with van der Waals surface area (Å²) in [6.07, 6.45) is 4.34. The molecule has 7 heteroatoms. The summed E-state index contributed by atoms with van der Waals surface area (Å²) in [5.41, 5.74) is 2.15. The van der Waals surface area contributed by atoms with Crippen molar-refractivity contribution in [1.29, 1.82) is 0 Å². The molecule has 200 valence electrons. The minimum Gasteiger partial charge on any atom is -0.491 e. The van der Waals surface area contributed by atoms with Gasteiger partial charge < -0.3 is 14.5 Å². The topological polar surface area (TPSA) is 49.9 Å². The monoisotopic (exact) mass is 552 g/mol. The molecule has 0 spiro atoms. The van der Waals surface area contributed by atoms with E-state index in [1.54, 1.807) is 18.2 Å². The molecule has 1 aliphatic rings. The van der Waals surface area contributed by atoms with Crippen molar-refractivity contribution in [1.82, 2.24) is 9.80 Å². The standard InChI is InChI=1S/C31H34Cl2N2O3/c1-2-34-18-10-3-4-11-19-35(30(36)24-16-17-27(32)28(33)21-24)25(20-23-12-6-5-7-13-23)22-38-29-15-9-8-14-26(29)31(34)37/h5-9,12-17,21,25H,2-4,10-11,18-20,22H2,1H3/t25-/m1/s1. The third kappa shape index (κ3) is 7.09. The number of nitrogens with zero attached hydrogens (tertiary/aromatic N) is 2. The van der Waals surface area contributed by atoms with Crippen LogP contribution in [0.25, 0.3) is 0 Å². The van der Waals surface area contributed by atoms with Gasteiger partial charge in [-0.3, -0.25) is 9.59 Å². The first-order valence-corrected chi connectivity index (χ1v) is 14.0. The maximum atomic E-state index is 13.9. The maximum absolute atomic E-state index is 13.9. The summed E-state index contributed by atoms with van der Waals surface area (Å²) in [6.45, 7) is 4.20. The van der Waals surface area contributed by atoms with Crippen LogP contribution >= 0.6 is 23.2 Å². The Bertz CT molecular complexity index is 1230. The molecule has 0 N–H and O–H groups in total. The van der Waals surface area contributed by atoms with Crippen LogP contribution in [0.2, 0.25) is 10.0 Å². The van der Waals surface area contributed by atoms with Crippen molar-refractivity contribution in [2.75, 3.05) is 26.2 Å². The normalized spacial score (nSPS) is 17.3. The second kappa shape index (κ2) is 13.7. The second-order valence-electron chi connectivity index (χ2n) is 9.58. The minimum atomic E-state index is -0.257. The van der Waals surface area contributed by atoms with Gasteiger partial charge in [0.2, 0.25) is 0 Å². The molecule has 0 radical (unpaired) electrons. The molecule has 0 aromatic heterocycles. The minimum absolute atomic E-state index is 0.0245. The van der Waals surface area contributed by atoms with Crippen molar-refractivity contribution in [3.63, 3.8) is 0 Å². The van der Waals surface area contributed by atoms with Gasteiger partial charge >= 0.3 is 0 Å². The highest BCUT2D eigenvalue weighted by Gasteiger charge is 2.27. The third-order valence-corrected chi connectivity index (χ3v) is 7.72. The summed E-state index contributed by atoms with van der Waals surface area (Å²) in [6, 6.07) is 22.2. The van der Waals surface area contributed by atoms with Crippen LogP contribution in [0.15, 0.2) is 72.8 Å². The van der Waals surface area contributed by atoms with E-state index in [1.165, 1.54) is 0 Å². The summed E-state index contributed by atoms with van der Waals surface area (Å²) >= 11 is 12.4. The van der Waals surface area contributed by atoms with Crippen molar-refractivity contribution < 1.29 is 14.3 Å². The Labute approximate surface area is 235 Å². The van der Waals surface area contributed by atoms with Crippen LogP contribution in [0.3, 0.4) is 0 Å². The van der Waals surface area contributed by atoms with Crippen molar-refractivity contribution in [3.8, 4) is 5.75 Å². The van der Waals surface area contributed by atoms with E-state index >= 15 is 0 Å². The van der Waals surface area contributed by atoms with Crippen LogP contribution in [0.4, 0.5) is 0 Å². The van der Waals surface area contributed by atoms with Crippen LogP contribution in [0.1, 0.15) is 58.9 Å². The average Bonchev–Trinajstić information content (AvgIpc) is 2.94. The number of amides is 2. The fourth-order valence-corrected chi connectivity index (χ4v) is 5.16. The lowest BCUT2D eigenvalue weighted by Gasteiger charge is -2.33. The largest absolute Gasteiger partial charge is 0.491 e. The molecule has 0 unspecified atom stereocenters. The quantitative estimate of drug-likeness (QED) is 0.345. The zero-order chi connectivity index (χ0) is 26.9. The fourth-order valence-electron chi connectivity index (χ4n) is 4.86. The predicted octanol–water partition coefficient (Wildman–Crippen LogP) is 7.16. The van der Waals surface area contributed by atoms with Crippen LogP contribution < -0.4 is 4.74 Å². The molecule has 5 nitrogen and oxygen atoms in total. The predicted molar refractivity (Wildman–Crippen MR) is 153 cm³/mol. The van der Waals surface area contributed by atoms with Gasteiger partial charge in [0.05, 0.1) is 21.7 Å². The van der Waals surface area contributed by atoms with E-state index in [4.69, 9.17) is 27.9 Å². The van der Waals surface area contributed by atoms with E-state index in [0.29, 0.717) is 53.0 Å². The molecule has 0 saturated carbocycles. The Morgan fingerprint density at radius 2 is 1.61 bits per heavy atom. The van der Waals surface area contributed by atoms with E-state index in [1.807, 2.05) is 59.2 Å². The van der Waals surface area contributed by atoms with Crippen LogP contribution in [0.5, 0.6) is 5.75 Å². The first-order chi connectivity index (χ1) is 18.5. The number of hydrogen-bond acceptors (Lipinski definition) is 3. The lowest BCUT2D eigenvalue weighted by Crippen LogP contribution is -2.46. The van der Waals surface area contributed by atoms with E-state index in [-0.39, 0.29) is 24.5 Å². The van der Waals surface area contributed by atoms with Gasteiger partial charge in [-0.05, 0) is 62.1 Å². The summed E-state index contributed by atoms with van der Waals surface area (Å²) in [4.78, 5) is 31.1. The molecule has 0 aliphatic carbocycles. The van der Waals surface area contributed by atoms with Gasteiger partial charge in [-0.1, -0.05) is 78.5 Å².